The topological polar surface area (TPSA) is 72.2 Å². The van der Waals surface area contributed by atoms with Crippen molar-refractivity contribution in [1.82, 2.24) is 19.4 Å². The van der Waals surface area contributed by atoms with E-state index in [9.17, 15) is 18.0 Å². The number of rotatable bonds is 6. The smallest absolute Gasteiger partial charge is 0.346 e. The molecular weight excluding hydrogens is 463 g/mol. The number of imidazole rings is 1. The molecule has 0 amide bonds. The van der Waals surface area contributed by atoms with Crippen LogP contribution in [-0.4, -0.2) is 25.1 Å². The largest absolute Gasteiger partial charge is 0.416 e. The molecule has 1 atom stereocenters. The van der Waals surface area contributed by atoms with E-state index in [1.807, 2.05) is 6.92 Å². The fourth-order valence-corrected chi connectivity index (χ4v) is 4.18. The summed E-state index contributed by atoms with van der Waals surface area (Å²) in [4.78, 5) is 25.5. The molecular formula is C21H17ClF3N5OS. The van der Waals surface area contributed by atoms with E-state index in [2.05, 4.69) is 20.3 Å². The third kappa shape index (κ3) is 4.61. The average molecular weight is 480 g/mol. The number of thiazole rings is 1. The number of carbonyl (C=O) groups is 1. The van der Waals surface area contributed by atoms with Crippen molar-refractivity contribution in [1.29, 1.82) is 0 Å². The Morgan fingerprint density at radius 1 is 1.22 bits per heavy atom. The van der Waals surface area contributed by atoms with Crippen molar-refractivity contribution in [3.8, 4) is 0 Å². The third-order valence-corrected chi connectivity index (χ3v) is 6.41. The zero-order valence-electron chi connectivity index (χ0n) is 16.9. The van der Waals surface area contributed by atoms with Gasteiger partial charge in [0.05, 0.1) is 28.7 Å². The quantitative estimate of drug-likeness (QED) is 0.329. The molecule has 1 N–H and O–H groups in total. The van der Waals surface area contributed by atoms with Crippen LogP contribution in [0.3, 0.4) is 0 Å². The number of benzene rings is 1. The van der Waals surface area contributed by atoms with Gasteiger partial charge in [0.25, 0.3) is 0 Å². The van der Waals surface area contributed by atoms with Crippen LogP contribution in [0.15, 0.2) is 42.9 Å². The highest BCUT2D eigenvalue weighted by molar-refractivity contribution is 7.15. The monoisotopic (exact) mass is 479 g/mol. The number of aryl methyl sites for hydroxylation is 1. The molecule has 4 aromatic rings. The number of halogens is 4. The molecule has 6 nitrogen and oxygen atoms in total. The van der Waals surface area contributed by atoms with Crippen LogP contribution < -0.4 is 5.32 Å². The number of aromatic nitrogens is 4. The van der Waals surface area contributed by atoms with Gasteiger partial charge in [-0.15, -0.1) is 11.3 Å². The van der Waals surface area contributed by atoms with Crippen LogP contribution >= 0.6 is 22.9 Å². The first kappa shape index (κ1) is 22.2. The summed E-state index contributed by atoms with van der Waals surface area (Å²) in [6.07, 6.45) is 0.492. The number of Topliss-reactive ketones (excluding diaryl/α,β-unsaturated/α-hetero) is 1. The molecule has 0 saturated carbocycles. The molecule has 4 rings (SSSR count). The Balaban J connectivity index is 1.43. The lowest BCUT2D eigenvalue weighted by atomic mass is 10.0. The van der Waals surface area contributed by atoms with Crippen molar-refractivity contribution < 1.29 is 18.0 Å². The number of hydrogen-bond acceptors (Lipinski definition) is 6. The summed E-state index contributed by atoms with van der Waals surface area (Å²) in [5, 5.41) is 4.86. The van der Waals surface area contributed by atoms with Gasteiger partial charge in [-0.3, -0.25) is 9.20 Å². The van der Waals surface area contributed by atoms with Crippen LogP contribution in [0.1, 0.15) is 46.0 Å². The van der Waals surface area contributed by atoms with E-state index < -0.39 is 11.7 Å². The number of alkyl halides is 3. The number of fused-ring (bicyclic) bond motifs is 1. The molecule has 0 aliphatic heterocycles. The zero-order valence-corrected chi connectivity index (χ0v) is 18.5. The molecule has 0 radical (unpaired) electrons. The summed E-state index contributed by atoms with van der Waals surface area (Å²) in [6, 6.07) is 4.76. The highest BCUT2D eigenvalue weighted by Gasteiger charge is 2.30. The van der Waals surface area contributed by atoms with E-state index in [0.717, 1.165) is 17.1 Å². The minimum absolute atomic E-state index is 0.158. The molecule has 32 heavy (non-hydrogen) atoms. The van der Waals surface area contributed by atoms with Crippen molar-refractivity contribution in [3.05, 3.63) is 70.0 Å². The van der Waals surface area contributed by atoms with Crippen LogP contribution in [0, 0.1) is 6.92 Å². The maximum absolute atomic E-state index is 12.7. The third-order valence-electron chi connectivity index (χ3n) is 4.81. The van der Waals surface area contributed by atoms with Crippen molar-refractivity contribution >= 4 is 45.1 Å². The van der Waals surface area contributed by atoms with Crippen molar-refractivity contribution in [2.24, 2.45) is 0 Å². The number of nitrogens with one attached hydrogen (secondary N) is 1. The van der Waals surface area contributed by atoms with E-state index >= 15 is 0 Å². The molecule has 0 bridgehead atoms. The Labute approximate surface area is 190 Å². The maximum Gasteiger partial charge on any atom is 0.416 e. The predicted molar refractivity (Wildman–Crippen MR) is 117 cm³/mol. The van der Waals surface area contributed by atoms with E-state index in [-0.39, 0.29) is 23.8 Å². The second-order valence-corrected chi connectivity index (χ2v) is 8.70. The Bertz CT molecular complexity index is 1280. The second kappa shape index (κ2) is 8.51. The van der Waals surface area contributed by atoms with Crippen LogP contribution in [0.5, 0.6) is 0 Å². The van der Waals surface area contributed by atoms with Gasteiger partial charge in [0, 0.05) is 24.2 Å². The Morgan fingerprint density at radius 3 is 2.62 bits per heavy atom. The molecule has 11 heteroatoms. The fourth-order valence-electron chi connectivity index (χ4n) is 3.12. The molecule has 0 spiro atoms. The lowest BCUT2D eigenvalue weighted by Gasteiger charge is -2.08. The van der Waals surface area contributed by atoms with E-state index in [1.54, 1.807) is 23.7 Å². The summed E-state index contributed by atoms with van der Waals surface area (Å²) in [6.45, 7) is 3.66. The van der Waals surface area contributed by atoms with E-state index in [1.165, 1.54) is 29.7 Å². The second-order valence-electron chi connectivity index (χ2n) is 7.28. The maximum atomic E-state index is 12.7. The molecule has 0 aliphatic carbocycles. The lowest BCUT2D eigenvalue weighted by Crippen LogP contribution is -2.08. The molecule has 1 unspecified atom stereocenters. The number of ketones is 1. The van der Waals surface area contributed by atoms with Crippen LogP contribution in [0.2, 0.25) is 5.15 Å². The molecule has 0 fully saturated rings. The molecule has 1 aromatic carbocycles. The summed E-state index contributed by atoms with van der Waals surface area (Å²) in [7, 11) is 0. The highest BCUT2D eigenvalue weighted by atomic mass is 35.5. The van der Waals surface area contributed by atoms with Gasteiger partial charge in [-0.2, -0.15) is 13.2 Å². The number of hydrogen-bond donors (Lipinski definition) is 1. The first-order valence-electron chi connectivity index (χ1n) is 9.55. The average Bonchev–Trinajstić information content (AvgIpc) is 3.32. The van der Waals surface area contributed by atoms with Gasteiger partial charge in [-0.25, -0.2) is 15.0 Å². The predicted octanol–water partition coefficient (Wildman–Crippen LogP) is 6.29. The summed E-state index contributed by atoms with van der Waals surface area (Å²) >= 11 is 7.55. The van der Waals surface area contributed by atoms with Crippen LogP contribution in [0.4, 0.5) is 23.9 Å². The van der Waals surface area contributed by atoms with E-state index in [4.69, 9.17) is 11.6 Å². The number of anilines is 2. The van der Waals surface area contributed by atoms with Gasteiger partial charge in [-0.1, -0.05) is 18.5 Å². The van der Waals surface area contributed by atoms with Gasteiger partial charge >= 0.3 is 6.18 Å². The van der Waals surface area contributed by atoms with Gasteiger partial charge in [0.1, 0.15) is 15.8 Å². The molecule has 3 heterocycles. The van der Waals surface area contributed by atoms with Gasteiger partial charge in [-0.05, 0) is 31.2 Å². The first-order chi connectivity index (χ1) is 15.1. The standard InChI is InChI=1S/C21H17ClF3N5OS/c1-11(7-16(31)15-10-30-17(8-26-15)28-12(2)19(30)22)20-27-9-18(32-20)29-14-5-3-13(4-6-14)21(23,24)25/h3-6,8-11,29H,7H2,1-2H3. The highest BCUT2D eigenvalue weighted by Crippen LogP contribution is 2.33. The molecule has 0 saturated heterocycles. The minimum Gasteiger partial charge on any atom is -0.346 e. The molecule has 0 aliphatic rings. The summed E-state index contributed by atoms with van der Waals surface area (Å²) in [5.41, 5.74) is 1.31. The fraction of sp³-hybridized carbons (Fsp3) is 0.238. The van der Waals surface area contributed by atoms with Crippen LogP contribution in [-0.2, 0) is 6.18 Å². The summed E-state index contributed by atoms with van der Waals surface area (Å²) < 4.78 is 39.7. The van der Waals surface area contributed by atoms with Crippen molar-refractivity contribution in [2.75, 3.05) is 5.32 Å². The molecule has 3 aromatic heterocycles. The van der Waals surface area contributed by atoms with Crippen molar-refractivity contribution in [3.63, 3.8) is 0 Å². The first-order valence-corrected chi connectivity index (χ1v) is 10.7. The Hall–Kier alpha value is -2.98. The minimum atomic E-state index is -4.38. The lowest BCUT2D eigenvalue weighted by molar-refractivity contribution is -0.137. The van der Waals surface area contributed by atoms with Gasteiger partial charge in [0.2, 0.25) is 0 Å². The van der Waals surface area contributed by atoms with E-state index in [0.29, 0.717) is 27.2 Å². The molecule has 166 valence electrons. The Morgan fingerprint density at radius 2 is 1.94 bits per heavy atom. The van der Waals surface area contributed by atoms with Crippen LogP contribution in [0.25, 0.3) is 5.65 Å². The SMILES string of the molecule is Cc1nc2cnc(C(=O)CC(C)c3ncc(Nc4ccc(C(F)(F)F)cc4)s3)cn2c1Cl. The normalized spacial score (nSPS) is 12.8. The van der Waals surface area contributed by atoms with Gasteiger partial charge in [0.15, 0.2) is 11.4 Å². The van der Waals surface area contributed by atoms with Gasteiger partial charge < -0.3 is 5.32 Å². The number of nitrogens with zero attached hydrogens (tertiary/aromatic N) is 4. The summed E-state index contributed by atoms with van der Waals surface area (Å²) in [5.74, 6) is -0.331. The number of carbonyl (C=O) groups excluding carboxylic acids is 1. The van der Waals surface area contributed by atoms with Crippen molar-refractivity contribution in [2.45, 2.75) is 32.4 Å². The Kier molecular flexibility index (Phi) is 5.91. The zero-order chi connectivity index (χ0) is 23.0.